The lowest BCUT2D eigenvalue weighted by Crippen LogP contribution is -2.39. The number of morpholine rings is 1. The Morgan fingerprint density at radius 3 is 2.80 bits per heavy atom. The Labute approximate surface area is 147 Å². The van der Waals surface area contributed by atoms with Crippen LogP contribution >= 0.6 is 0 Å². The normalized spacial score (nSPS) is 15.4. The highest BCUT2D eigenvalue weighted by Gasteiger charge is 2.11. The van der Waals surface area contributed by atoms with Crippen molar-refractivity contribution in [1.82, 2.24) is 14.9 Å². The van der Waals surface area contributed by atoms with Crippen molar-refractivity contribution in [1.29, 1.82) is 0 Å². The second-order valence-electron chi connectivity index (χ2n) is 6.19. The molecule has 1 aliphatic heterocycles. The van der Waals surface area contributed by atoms with E-state index in [9.17, 15) is 0 Å². The summed E-state index contributed by atoms with van der Waals surface area (Å²) in [5.74, 6) is 0. The van der Waals surface area contributed by atoms with Crippen LogP contribution in [-0.2, 0) is 4.74 Å². The molecule has 2 aromatic heterocycles. The lowest BCUT2D eigenvalue weighted by atomic mass is 10.1. The van der Waals surface area contributed by atoms with Crippen molar-refractivity contribution in [2.24, 2.45) is 0 Å². The first-order valence-electron chi connectivity index (χ1n) is 8.74. The van der Waals surface area contributed by atoms with Crippen molar-refractivity contribution in [2.75, 3.05) is 44.7 Å². The Morgan fingerprint density at radius 1 is 1.08 bits per heavy atom. The number of nitrogens with zero attached hydrogens (tertiary/aromatic N) is 3. The molecule has 0 spiro atoms. The molecule has 0 unspecified atom stereocenters. The maximum Gasteiger partial charge on any atom is 0.0745 e. The van der Waals surface area contributed by atoms with Crippen LogP contribution in [0.1, 0.15) is 0 Å². The van der Waals surface area contributed by atoms with Gasteiger partial charge in [0.2, 0.25) is 0 Å². The number of hydrogen-bond acceptors (Lipinski definition) is 5. The summed E-state index contributed by atoms with van der Waals surface area (Å²) in [4.78, 5) is 11.4. The third-order valence-corrected chi connectivity index (χ3v) is 4.52. The monoisotopic (exact) mass is 334 g/mol. The zero-order valence-electron chi connectivity index (χ0n) is 14.2. The van der Waals surface area contributed by atoms with Gasteiger partial charge in [-0.15, -0.1) is 0 Å². The van der Waals surface area contributed by atoms with Crippen molar-refractivity contribution in [3.05, 3.63) is 54.9 Å². The van der Waals surface area contributed by atoms with Gasteiger partial charge in [0.1, 0.15) is 0 Å². The zero-order chi connectivity index (χ0) is 16.9. The number of rotatable bonds is 5. The van der Waals surface area contributed by atoms with Gasteiger partial charge in [-0.2, -0.15) is 0 Å². The van der Waals surface area contributed by atoms with Gasteiger partial charge in [0.05, 0.1) is 24.4 Å². The van der Waals surface area contributed by atoms with E-state index in [1.807, 2.05) is 24.4 Å². The molecule has 5 nitrogen and oxygen atoms in total. The number of aromatic nitrogens is 2. The summed E-state index contributed by atoms with van der Waals surface area (Å²) in [7, 11) is 0. The first kappa shape index (κ1) is 16.0. The SMILES string of the molecule is c1cncc(-c2cc(NCCN3CCOCC3)c3ccccc3n2)c1. The Bertz CT molecular complexity index is 831. The topological polar surface area (TPSA) is 50.3 Å². The fourth-order valence-corrected chi connectivity index (χ4v) is 3.16. The molecule has 1 aliphatic rings. The summed E-state index contributed by atoms with van der Waals surface area (Å²) in [6, 6.07) is 14.4. The molecule has 5 heteroatoms. The Kier molecular flexibility index (Phi) is 4.86. The van der Waals surface area contributed by atoms with Crippen molar-refractivity contribution in [2.45, 2.75) is 0 Å². The van der Waals surface area contributed by atoms with Gasteiger partial charge in [-0.1, -0.05) is 18.2 Å². The number of ether oxygens (including phenoxy) is 1. The number of para-hydroxylation sites is 1. The molecule has 0 amide bonds. The first-order chi connectivity index (χ1) is 12.4. The quantitative estimate of drug-likeness (QED) is 0.777. The number of fused-ring (bicyclic) bond motifs is 1. The molecule has 1 fully saturated rings. The van der Waals surface area contributed by atoms with Gasteiger partial charge in [0, 0.05) is 55.2 Å². The molecule has 25 heavy (non-hydrogen) atoms. The predicted molar refractivity (Wildman–Crippen MR) is 101 cm³/mol. The maximum atomic E-state index is 5.41. The van der Waals surface area contributed by atoms with Crippen LogP contribution in [0.4, 0.5) is 5.69 Å². The third-order valence-electron chi connectivity index (χ3n) is 4.52. The summed E-state index contributed by atoms with van der Waals surface area (Å²) in [6.07, 6.45) is 3.64. The van der Waals surface area contributed by atoms with E-state index in [2.05, 4.69) is 39.5 Å². The van der Waals surface area contributed by atoms with E-state index in [-0.39, 0.29) is 0 Å². The lowest BCUT2D eigenvalue weighted by Gasteiger charge is -2.26. The molecule has 3 heterocycles. The van der Waals surface area contributed by atoms with Crippen molar-refractivity contribution < 1.29 is 4.74 Å². The van der Waals surface area contributed by atoms with Crippen LogP contribution in [-0.4, -0.2) is 54.3 Å². The fourth-order valence-electron chi connectivity index (χ4n) is 3.16. The molecule has 1 saturated heterocycles. The number of anilines is 1. The Hall–Kier alpha value is -2.50. The average molecular weight is 334 g/mol. The highest BCUT2D eigenvalue weighted by molar-refractivity contribution is 5.93. The number of hydrogen-bond donors (Lipinski definition) is 1. The minimum atomic E-state index is 0.837. The summed E-state index contributed by atoms with van der Waals surface area (Å²) in [5.41, 5.74) is 4.10. The van der Waals surface area contributed by atoms with Crippen molar-refractivity contribution in [3.63, 3.8) is 0 Å². The minimum Gasteiger partial charge on any atom is -0.383 e. The van der Waals surface area contributed by atoms with E-state index in [1.54, 1.807) is 6.20 Å². The van der Waals surface area contributed by atoms with E-state index >= 15 is 0 Å². The third kappa shape index (κ3) is 3.78. The van der Waals surface area contributed by atoms with E-state index in [0.717, 1.165) is 67.2 Å². The van der Waals surface area contributed by atoms with Gasteiger partial charge in [-0.05, 0) is 24.3 Å². The summed E-state index contributed by atoms with van der Waals surface area (Å²) in [6.45, 7) is 5.62. The fraction of sp³-hybridized carbons (Fsp3) is 0.300. The molecular weight excluding hydrogens is 312 g/mol. The van der Waals surface area contributed by atoms with Gasteiger partial charge in [-0.3, -0.25) is 9.88 Å². The van der Waals surface area contributed by atoms with E-state index in [0.29, 0.717) is 0 Å². The number of benzene rings is 1. The van der Waals surface area contributed by atoms with Crippen molar-refractivity contribution >= 4 is 16.6 Å². The predicted octanol–water partition coefficient (Wildman–Crippen LogP) is 3.04. The van der Waals surface area contributed by atoms with Gasteiger partial charge in [0.15, 0.2) is 0 Å². The van der Waals surface area contributed by atoms with Crippen molar-refractivity contribution in [3.8, 4) is 11.3 Å². The van der Waals surface area contributed by atoms with Crippen LogP contribution < -0.4 is 5.32 Å². The molecule has 4 rings (SSSR count). The molecular formula is C20H22N4O. The molecule has 0 bridgehead atoms. The number of pyridine rings is 2. The second-order valence-corrected chi connectivity index (χ2v) is 6.19. The van der Waals surface area contributed by atoms with Crippen LogP contribution in [0.3, 0.4) is 0 Å². The van der Waals surface area contributed by atoms with Crippen LogP contribution in [0.25, 0.3) is 22.2 Å². The maximum absolute atomic E-state index is 5.41. The van der Waals surface area contributed by atoms with Crippen LogP contribution in [0, 0.1) is 0 Å². The molecule has 1 aromatic carbocycles. The average Bonchev–Trinajstić information content (AvgIpc) is 2.69. The van der Waals surface area contributed by atoms with E-state index in [1.165, 1.54) is 0 Å². The summed E-state index contributed by atoms with van der Waals surface area (Å²) in [5, 5.41) is 4.75. The van der Waals surface area contributed by atoms with Crippen LogP contribution in [0.15, 0.2) is 54.9 Å². The smallest absolute Gasteiger partial charge is 0.0745 e. The van der Waals surface area contributed by atoms with Gasteiger partial charge < -0.3 is 10.1 Å². The van der Waals surface area contributed by atoms with Gasteiger partial charge >= 0.3 is 0 Å². The van der Waals surface area contributed by atoms with Gasteiger partial charge in [-0.25, -0.2) is 4.98 Å². The first-order valence-corrected chi connectivity index (χ1v) is 8.74. The summed E-state index contributed by atoms with van der Waals surface area (Å²) < 4.78 is 5.41. The molecule has 128 valence electrons. The highest BCUT2D eigenvalue weighted by Crippen LogP contribution is 2.27. The van der Waals surface area contributed by atoms with Crippen LogP contribution in [0.2, 0.25) is 0 Å². The molecule has 0 saturated carbocycles. The zero-order valence-corrected chi connectivity index (χ0v) is 14.2. The molecule has 3 aromatic rings. The lowest BCUT2D eigenvalue weighted by molar-refractivity contribution is 0.0398. The second kappa shape index (κ2) is 7.59. The number of nitrogens with one attached hydrogen (secondary N) is 1. The largest absolute Gasteiger partial charge is 0.383 e. The highest BCUT2D eigenvalue weighted by atomic mass is 16.5. The van der Waals surface area contributed by atoms with E-state index in [4.69, 9.17) is 9.72 Å². The van der Waals surface area contributed by atoms with E-state index < -0.39 is 0 Å². The Balaban J connectivity index is 1.58. The summed E-state index contributed by atoms with van der Waals surface area (Å²) >= 11 is 0. The minimum absolute atomic E-state index is 0.837. The standard InChI is InChI=1S/C20H22N4O/c1-2-6-18-17(5-1)20(22-8-9-24-10-12-25-13-11-24)14-19(23-18)16-4-3-7-21-15-16/h1-7,14-15H,8-13H2,(H,22,23). The van der Waals surface area contributed by atoms with Gasteiger partial charge in [0.25, 0.3) is 0 Å². The Morgan fingerprint density at radius 2 is 1.96 bits per heavy atom. The molecule has 0 radical (unpaired) electrons. The molecule has 0 atom stereocenters. The van der Waals surface area contributed by atoms with Crippen LogP contribution in [0.5, 0.6) is 0 Å². The molecule has 1 N–H and O–H groups in total. The molecule has 0 aliphatic carbocycles.